The van der Waals surface area contributed by atoms with Gasteiger partial charge in [-0.15, -0.1) is 0 Å². The van der Waals surface area contributed by atoms with E-state index in [9.17, 15) is 14.4 Å². The molecule has 0 spiro atoms. The summed E-state index contributed by atoms with van der Waals surface area (Å²) >= 11 is 0. The molecule has 0 aliphatic rings. The lowest BCUT2D eigenvalue weighted by Crippen LogP contribution is -2.30. The monoisotopic (exact) mass is 975 g/mol. The highest BCUT2D eigenvalue weighted by atomic mass is 16.6. The maximum absolute atomic E-state index is 12.8. The summed E-state index contributed by atoms with van der Waals surface area (Å²) in [5.74, 6) is -0.896. The Morgan fingerprint density at radius 1 is 0.300 bits per heavy atom. The molecule has 70 heavy (non-hydrogen) atoms. The molecule has 0 rings (SSSR count). The molecule has 0 saturated heterocycles. The Hall–Kier alpha value is -3.41. The predicted octanol–water partition coefficient (Wildman–Crippen LogP) is 19.9. The molecule has 0 fully saturated rings. The molecule has 1 unspecified atom stereocenters. The summed E-state index contributed by atoms with van der Waals surface area (Å²) in [4.78, 5) is 37.8. The zero-order valence-electron chi connectivity index (χ0n) is 46.0. The lowest BCUT2D eigenvalue weighted by atomic mass is 10.0. The van der Waals surface area contributed by atoms with Gasteiger partial charge in [0, 0.05) is 19.3 Å². The molecule has 0 aromatic rings. The Balaban J connectivity index is 4.05. The predicted molar refractivity (Wildman–Crippen MR) is 302 cm³/mol. The van der Waals surface area contributed by atoms with Crippen molar-refractivity contribution in [3.8, 4) is 0 Å². The number of hydrogen-bond donors (Lipinski definition) is 0. The molecular formula is C64H110O6. The van der Waals surface area contributed by atoms with E-state index in [1.54, 1.807) is 0 Å². The first-order valence-corrected chi connectivity index (χ1v) is 29.6. The fourth-order valence-corrected chi connectivity index (χ4v) is 8.21. The standard InChI is InChI=1S/C64H110O6/c1-4-7-10-13-15-17-19-21-23-25-27-28-29-30-31-32-33-34-35-36-37-39-40-42-44-46-48-51-54-57-63(66)69-60-61(59-68-62(65)56-53-50-12-9-6-3)70-64(67)58-55-52-49-47-45-43-41-38-26-24-22-20-18-16-14-11-8-5-2/h7,10,15,17-18,20-21,23-24,26-28,30-31,61H,4-6,8-9,11-14,16,19,22,25,29,32-60H2,1-3H3/b10-7-,17-15-,20-18-,23-21-,26-24-,28-27-,31-30-. The van der Waals surface area contributed by atoms with E-state index in [1.807, 2.05) is 0 Å². The van der Waals surface area contributed by atoms with Gasteiger partial charge >= 0.3 is 17.9 Å². The van der Waals surface area contributed by atoms with E-state index in [1.165, 1.54) is 135 Å². The Morgan fingerprint density at radius 3 is 0.886 bits per heavy atom. The van der Waals surface area contributed by atoms with E-state index in [4.69, 9.17) is 14.2 Å². The maximum Gasteiger partial charge on any atom is 0.306 e. The summed E-state index contributed by atoms with van der Waals surface area (Å²) < 4.78 is 16.7. The first kappa shape index (κ1) is 66.6. The van der Waals surface area contributed by atoms with E-state index in [0.29, 0.717) is 19.3 Å². The Labute approximate surface area is 433 Å². The molecule has 0 aromatic heterocycles. The summed E-state index contributed by atoms with van der Waals surface area (Å²) in [5.41, 5.74) is 0. The van der Waals surface area contributed by atoms with E-state index in [-0.39, 0.29) is 31.1 Å². The quantitative estimate of drug-likeness (QED) is 0.0261. The van der Waals surface area contributed by atoms with Crippen molar-refractivity contribution in [2.45, 2.75) is 290 Å². The normalized spacial score (nSPS) is 12.7. The van der Waals surface area contributed by atoms with Crippen LogP contribution in [-0.4, -0.2) is 37.2 Å². The highest BCUT2D eigenvalue weighted by Gasteiger charge is 2.19. The van der Waals surface area contributed by atoms with Crippen LogP contribution in [0.2, 0.25) is 0 Å². The van der Waals surface area contributed by atoms with Crippen LogP contribution in [0, 0.1) is 0 Å². The molecular weight excluding hydrogens is 865 g/mol. The lowest BCUT2D eigenvalue weighted by Gasteiger charge is -2.18. The van der Waals surface area contributed by atoms with Crippen molar-refractivity contribution in [1.82, 2.24) is 0 Å². The second kappa shape index (κ2) is 58.2. The van der Waals surface area contributed by atoms with Crippen molar-refractivity contribution in [3.63, 3.8) is 0 Å². The van der Waals surface area contributed by atoms with Crippen LogP contribution in [0.1, 0.15) is 284 Å². The zero-order valence-corrected chi connectivity index (χ0v) is 46.0. The van der Waals surface area contributed by atoms with E-state index in [0.717, 1.165) is 109 Å². The molecule has 0 heterocycles. The van der Waals surface area contributed by atoms with Gasteiger partial charge in [-0.3, -0.25) is 14.4 Å². The van der Waals surface area contributed by atoms with Crippen molar-refractivity contribution < 1.29 is 28.6 Å². The minimum Gasteiger partial charge on any atom is -0.462 e. The van der Waals surface area contributed by atoms with E-state index >= 15 is 0 Å². The molecule has 402 valence electrons. The van der Waals surface area contributed by atoms with Crippen LogP contribution in [0.15, 0.2) is 85.1 Å². The zero-order chi connectivity index (χ0) is 50.7. The number of allylic oxidation sites excluding steroid dienone is 14. The number of unbranched alkanes of at least 4 members (excludes halogenated alkanes) is 28. The Kier molecular flexibility index (Phi) is 55.3. The van der Waals surface area contributed by atoms with Crippen LogP contribution >= 0.6 is 0 Å². The average molecular weight is 976 g/mol. The fraction of sp³-hybridized carbons (Fsp3) is 0.734. The van der Waals surface area contributed by atoms with Gasteiger partial charge in [0.25, 0.3) is 0 Å². The minimum absolute atomic E-state index is 0.0789. The fourth-order valence-electron chi connectivity index (χ4n) is 8.21. The van der Waals surface area contributed by atoms with Crippen LogP contribution in [0.3, 0.4) is 0 Å². The third kappa shape index (κ3) is 55.5. The molecule has 0 aromatic carbocycles. The van der Waals surface area contributed by atoms with Crippen LogP contribution < -0.4 is 0 Å². The summed E-state index contributed by atoms with van der Waals surface area (Å²) in [5, 5.41) is 0. The van der Waals surface area contributed by atoms with Crippen LogP contribution in [0.5, 0.6) is 0 Å². The molecule has 1 atom stereocenters. The van der Waals surface area contributed by atoms with E-state index < -0.39 is 6.10 Å². The maximum atomic E-state index is 12.8. The summed E-state index contributed by atoms with van der Waals surface area (Å²) in [7, 11) is 0. The number of hydrogen-bond acceptors (Lipinski definition) is 6. The molecule has 0 aliphatic carbocycles. The number of rotatable bonds is 53. The third-order valence-corrected chi connectivity index (χ3v) is 12.6. The van der Waals surface area contributed by atoms with Gasteiger partial charge in [-0.2, -0.15) is 0 Å². The lowest BCUT2D eigenvalue weighted by molar-refractivity contribution is -0.167. The molecule has 6 heteroatoms. The Bertz CT molecular complexity index is 1350. The van der Waals surface area contributed by atoms with Crippen LogP contribution in [-0.2, 0) is 28.6 Å². The molecule has 0 radical (unpaired) electrons. The van der Waals surface area contributed by atoms with Gasteiger partial charge in [0.15, 0.2) is 6.10 Å². The summed E-state index contributed by atoms with van der Waals surface area (Å²) in [6, 6.07) is 0. The first-order valence-electron chi connectivity index (χ1n) is 29.6. The summed E-state index contributed by atoms with van der Waals surface area (Å²) in [6.07, 6.45) is 76.2. The first-order chi connectivity index (χ1) is 34.5. The van der Waals surface area contributed by atoms with Crippen molar-refractivity contribution in [2.24, 2.45) is 0 Å². The molecule has 0 amide bonds. The van der Waals surface area contributed by atoms with Gasteiger partial charge in [-0.05, 0) is 96.3 Å². The second-order valence-corrected chi connectivity index (χ2v) is 19.5. The summed E-state index contributed by atoms with van der Waals surface area (Å²) in [6.45, 7) is 6.43. The van der Waals surface area contributed by atoms with Crippen molar-refractivity contribution >= 4 is 17.9 Å². The second-order valence-electron chi connectivity index (χ2n) is 19.5. The van der Waals surface area contributed by atoms with Gasteiger partial charge < -0.3 is 14.2 Å². The largest absolute Gasteiger partial charge is 0.462 e. The van der Waals surface area contributed by atoms with Crippen LogP contribution in [0.25, 0.3) is 0 Å². The molecule has 0 N–H and O–H groups in total. The van der Waals surface area contributed by atoms with Gasteiger partial charge in [0.1, 0.15) is 13.2 Å². The van der Waals surface area contributed by atoms with E-state index in [2.05, 4.69) is 106 Å². The number of carbonyl (C=O) groups is 3. The van der Waals surface area contributed by atoms with Crippen molar-refractivity contribution in [1.29, 1.82) is 0 Å². The molecule has 0 saturated carbocycles. The number of esters is 3. The third-order valence-electron chi connectivity index (χ3n) is 12.6. The minimum atomic E-state index is -0.777. The SMILES string of the molecule is CC/C=C\C/C=C\C/C=C\C/C=C\C/C=C\CCCCCCCCCCCCCCCC(=O)OCC(COC(=O)CCCCCCC)OC(=O)CCCCCCCCC/C=C\C/C=C\CCCCCC. The van der Waals surface area contributed by atoms with Gasteiger partial charge in [0.05, 0.1) is 0 Å². The average Bonchev–Trinajstić information content (AvgIpc) is 3.36. The molecule has 0 bridgehead atoms. The van der Waals surface area contributed by atoms with Gasteiger partial charge in [0.2, 0.25) is 0 Å². The topological polar surface area (TPSA) is 78.9 Å². The highest BCUT2D eigenvalue weighted by molar-refractivity contribution is 5.71. The van der Waals surface area contributed by atoms with Crippen molar-refractivity contribution in [3.05, 3.63) is 85.1 Å². The highest BCUT2D eigenvalue weighted by Crippen LogP contribution is 2.16. The molecule has 0 aliphatic heterocycles. The van der Waals surface area contributed by atoms with Gasteiger partial charge in [-0.25, -0.2) is 0 Å². The number of ether oxygens (including phenoxy) is 3. The van der Waals surface area contributed by atoms with Crippen molar-refractivity contribution in [2.75, 3.05) is 13.2 Å². The molecule has 6 nitrogen and oxygen atoms in total. The Morgan fingerprint density at radius 2 is 0.557 bits per heavy atom. The number of carbonyl (C=O) groups excluding carboxylic acids is 3. The van der Waals surface area contributed by atoms with Crippen LogP contribution in [0.4, 0.5) is 0 Å². The van der Waals surface area contributed by atoms with Gasteiger partial charge in [-0.1, -0.05) is 254 Å². The smallest absolute Gasteiger partial charge is 0.306 e.